The van der Waals surface area contributed by atoms with Crippen LogP contribution in [0.5, 0.6) is 5.75 Å². The molecule has 1 aliphatic rings. The molecule has 3 rings (SSSR count). The molecule has 0 aromatic heterocycles. The Kier molecular flexibility index (Phi) is 3.96. The summed E-state index contributed by atoms with van der Waals surface area (Å²) in [7, 11) is 0. The van der Waals surface area contributed by atoms with Crippen molar-refractivity contribution in [3.8, 4) is 5.75 Å². The van der Waals surface area contributed by atoms with Crippen LogP contribution in [0.15, 0.2) is 30.3 Å². The molecule has 2 aromatic carbocycles. The van der Waals surface area contributed by atoms with E-state index in [2.05, 4.69) is 27.7 Å². The summed E-state index contributed by atoms with van der Waals surface area (Å²) in [5.74, 6) is 1.07. The molecular weight excluding hydrogens is 272 g/mol. The Hall–Kier alpha value is -1.80. The van der Waals surface area contributed by atoms with Gasteiger partial charge in [-0.05, 0) is 55.5 Å². The summed E-state index contributed by atoms with van der Waals surface area (Å²) in [6.07, 6.45) is 1.41. The lowest BCUT2D eigenvalue weighted by Crippen LogP contribution is -2.07. The molecule has 0 amide bonds. The predicted octanol–water partition coefficient (Wildman–Crippen LogP) is 4.21. The SMILES string of the molecule is Cc1c(C)c2c(c(C)c1CC(O)c1ccccc1)CC(C)O2. The zero-order valence-electron chi connectivity index (χ0n) is 13.8. The van der Waals surface area contributed by atoms with Gasteiger partial charge in [-0.3, -0.25) is 0 Å². The molecule has 0 radical (unpaired) electrons. The van der Waals surface area contributed by atoms with E-state index < -0.39 is 6.10 Å². The molecular formula is C20H24O2. The average molecular weight is 296 g/mol. The highest BCUT2D eigenvalue weighted by Gasteiger charge is 2.27. The van der Waals surface area contributed by atoms with Crippen molar-refractivity contribution in [1.82, 2.24) is 0 Å². The summed E-state index contributed by atoms with van der Waals surface area (Å²) >= 11 is 0. The molecule has 0 saturated heterocycles. The van der Waals surface area contributed by atoms with Gasteiger partial charge in [-0.15, -0.1) is 0 Å². The maximum absolute atomic E-state index is 10.6. The van der Waals surface area contributed by atoms with Crippen LogP contribution in [0.25, 0.3) is 0 Å². The zero-order valence-corrected chi connectivity index (χ0v) is 13.8. The van der Waals surface area contributed by atoms with Gasteiger partial charge in [0.2, 0.25) is 0 Å². The van der Waals surface area contributed by atoms with Gasteiger partial charge in [0.05, 0.1) is 6.10 Å². The van der Waals surface area contributed by atoms with Gasteiger partial charge in [0, 0.05) is 18.4 Å². The van der Waals surface area contributed by atoms with Crippen molar-refractivity contribution in [2.45, 2.75) is 52.7 Å². The van der Waals surface area contributed by atoms with Crippen molar-refractivity contribution in [2.24, 2.45) is 0 Å². The average Bonchev–Trinajstić information content (AvgIpc) is 2.92. The van der Waals surface area contributed by atoms with Gasteiger partial charge < -0.3 is 9.84 Å². The van der Waals surface area contributed by atoms with Crippen LogP contribution >= 0.6 is 0 Å². The number of aliphatic hydroxyl groups is 1. The molecule has 1 aliphatic heterocycles. The van der Waals surface area contributed by atoms with E-state index in [1.807, 2.05) is 30.3 Å². The van der Waals surface area contributed by atoms with Gasteiger partial charge in [0.1, 0.15) is 11.9 Å². The number of hydrogen-bond acceptors (Lipinski definition) is 2. The Bertz CT molecular complexity index is 689. The van der Waals surface area contributed by atoms with Gasteiger partial charge in [-0.2, -0.15) is 0 Å². The van der Waals surface area contributed by atoms with Crippen LogP contribution < -0.4 is 4.74 Å². The molecule has 116 valence electrons. The van der Waals surface area contributed by atoms with Gasteiger partial charge in [0.15, 0.2) is 0 Å². The van der Waals surface area contributed by atoms with Crippen LogP contribution in [0.4, 0.5) is 0 Å². The fraction of sp³-hybridized carbons (Fsp3) is 0.400. The van der Waals surface area contributed by atoms with E-state index in [4.69, 9.17) is 4.74 Å². The van der Waals surface area contributed by atoms with Crippen molar-refractivity contribution in [2.75, 3.05) is 0 Å². The first kappa shape index (κ1) is 15.1. The lowest BCUT2D eigenvalue weighted by molar-refractivity contribution is 0.178. The second-order valence-electron chi connectivity index (χ2n) is 6.42. The van der Waals surface area contributed by atoms with Crippen molar-refractivity contribution in [3.05, 3.63) is 63.7 Å². The van der Waals surface area contributed by atoms with Crippen LogP contribution in [0.1, 0.15) is 46.4 Å². The summed E-state index contributed by atoms with van der Waals surface area (Å²) in [6, 6.07) is 9.90. The Morgan fingerprint density at radius 3 is 2.45 bits per heavy atom. The van der Waals surface area contributed by atoms with E-state index in [0.29, 0.717) is 6.42 Å². The quantitative estimate of drug-likeness (QED) is 0.919. The lowest BCUT2D eigenvalue weighted by Gasteiger charge is -2.20. The van der Waals surface area contributed by atoms with Gasteiger partial charge in [0.25, 0.3) is 0 Å². The van der Waals surface area contributed by atoms with E-state index in [-0.39, 0.29) is 6.10 Å². The number of ether oxygens (including phenoxy) is 1. The summed E-state index contributed by atoms with van der Waals surface area (Å²) in [4.78, 5) is 0. The fourth-order valence-corrected chi connectivity index (χ4v) is 3.48. The number of rotatable bonds is 3. The number of aliphatic hydroxyl groups excluding tert-OH is 1. The highest BCUT2D eigenvalue weighted by Crippen LogP contribution is 2.40. The van der Waals surface area contributed by atoms with Crippen LogP contribution in [-0.4, -0.2) is 11.2 Å². The Balaban J connectivity index is 1.98. The zero-order chi connectivity index (χ0) is 15.9. The van der Waals surface area contributed by atoms with Gasteiger partial charge in [-0.25, -0.2) is 0 Å². The molecule has 0 aliphatic carbocycles. The Morgan fingerprint density at radius 1 is 1.09 bits per heavy atom. The molecule has 2 aromatic rings. The first-order chi connectivity index (χ1) is 10.5. The maximum Gasteiger partial charge on any atom is 0.126 e. The van der Waals surface area contributed by atoms with Crippen molar-refractivity contribution in [1.29, 1.82) is 0 Å². The third-order valence-electron chi connectivity index (χ3n) is 4.93. The lowest BCUT2D eigenvalue weighted by atomic mass is 9.87. The molecule has 0 spiro atoms. The predicted molar refractivity (Wildman–Crippen MR) is 89.6 cm³/mol. The third kappa shape index (κ3) is 2.52. The van der Waals surface area contributed by atoms with Gasteiger partial charge in [-0.1, -0.05) is 30.3 Å². The summed E-state index contributed by atoms with van der Waals surface area (Å²) in [6.45, 7) is 8.55. The number of benzene rings is 2. The van der Waals surface area contributed by atoms with E-state index in [0.717, 1.165) is 17.7 Å². The van der Waals surface area contributed by atoms with Crippen LogP contribution in [0.3, 0.4) is 0 Å². The minimum atomic E-state index is -0.462. The number of hydrogen-bond donors (Lipinski definition) is 1. The highest BCUT2D eigenvalue weighted by atomic mass is 16.5. The normalized spacial score (nSPS) is 18.0. The van der Waals surface area contributed by atoms with Crippen LogP contribution in [0, 0.1) is 20.8 Å². The smallest absolute Gasteiger partial charge is 0.126 e. The van der Waals surface area contributed by atoms with Crippen molar-refractivity contribution >= 4 is 0 Å². The third-order valence-corrected chi connectivity index (χ3v) is 4.93. The van der Waals surface area contributed by atoms with Crippen LogP contribution in [0.2, 0.25) is 0 Å². The fourth-order valence-electron chi connectivity index (χ4n) is 3.48. The second kappa shape index (κ2) is 5.77. The van der Waals surface area contributed by atoms with Crippen LogP contribution in [-0.2, 0) is 12.8 Å². The van der Waals surface area contributed by atoms with Gasteiger partial charge >= 0.3 is 0 Å². The summed E-state index contributed by atoms with van der Waals surface area (Å²) in [5, 5.41) is 10.6. The molecule has 0 bridgehead atoms. The minimum absolute atomic E-state index is 0.251. The molecule has 22 heavy (non-hydrogen) atoms. The standard InChI is InChI=1S/C20H24O2/c1-12-10-18-15(4)17(13(2)14(3)20(18)22-12)11-19(21)16-8-6-5-7-9-16/h5-9,12,19,21H,10-11H2,1-4H3. The maximum atomic E-state index is 10.6. The van der Waals surface area contributed by atoms with E-state index >= 15 is 0 Å². The Labute approximate surface area is 132 Å². The molecule has 1 heterocycles. The van der Waals surface area contributed by atoms with Crippen molar-refractivity contribution < 1.29 is 9.84 Å². The molecule has 1 N–H and O–H groups in total. The minimum Gasteiger partial charge on any atom is -0.490 e. The largest absolute Gasteiger partial charge is 0.490 e. The number of fused-ring (bicyclic) bond motifs is 1. The summed E-state index contributed by atoms with van der Waals surface area (Å²) in [5.41, 5.74) is 7.33. The summed E-state index contributed by atoms with van der Waals surface area (Å²) < 4.78 is 5.98. The first-order valence-corrected chi connectivity index (χ1v) is 8.00. The molecule has 0 saturated carbocycles. The molecule has 2 heteroatoms. The van der Waals surface area contributed by atoms with E-state index in [1.165, 1.54) is 27.8 Å². The topological polar surface area (TPSA) is 29.5 Å². The molecule has 2 unspecified atom stereocenters. The van der Waals surface area contributed by atoms with E-state index in [9.17, 15) is 5.11 Å². The molecule has 2 nitrogen and oxygen atoms in total. The van der Waals surface area contributed by atoms with E-state index in [1.54, 1.807) is 0 Å². The van der Waals surface area contributed by atoms with Crippen molar-refractivity contribution in [3.63, 3.8) is 0 Å². The molecule has 2 atom stereocenters. The highest BCUT2D eigenvalue weighted by molar-refractivity contribution is 5.56. The second-order valence-corrected chi connectivity index (χ2v) is 6.42. The monoisotopic (exact) mass is 296 g/mol. The molecule has 0 fully saturated rings. The first-order valence-electron chi connectivity index (χ1n) is 8.00. The Morgan fingerprint density at radius 2 is 1.77 bits per heavy atom.